The lowest BCUT2D eigenvalue weighted by molar-refractivity contribution is 0.0595. The van der Waals surface area contributed by atoms with Crippen molar-refractivity contribution in [1.29, 1.82) is 0 Å². The molecule has 1 aromatic carbocycles. The van der Waals surface area contributed by atoms with Crippen molar-refractivity contribution < 1.29 is 18.7 Å². The normalized spacial score (nSPS) is 9.80. The molecule has 5 heteroatoms. The number of alkyl halides is 1. The molecule has 0 radical (unpaired) electrons. The number of ketones is 1. The minimum Gasteiger partial charge on any atom is -0.465 e. The minimum absolute atomic E-state index is 0.00848. The largest absolute Gasteiger partial charge is 0.465 e. The second-order valence-electron chi connectivity index (χ2n) is 2.72. The lowest BCUT2D eigenvalue weighted by atomic mass is 10.1. The SMILES string of the molecule is COC(=O)c1cccc(C(=O)CBr)c1F. The Balaban J connectivity index is 3.23. The third-order valence-corrected chi connectivity index (χ3v) is 2.34. The summed E-state index contributed by atoms with van der Waals surface area (Å²) in [7, 11) is 1.15. The van der Waals surface area contributed by atoms with Gasteiger partial charge in [0, 0.05) is 0 Å². The molecule has 1 rings (SSSR count). The first-order valence-electron chi connectivity index (χ1n) is 4.07. The molecule has 0 aliphatic carbocycles. The van der Waals surface area contributed by atoms with E-state index in [4.69, 9.17) is 0 Å². The molecule has 0 aliphatic heterocycles. The Kier molecular flexibility index (Phi) is 3.96. The van der Waals surface area contributed by atoms with Gasteiger partial charge >= 0.3 is 5.97 Å². The molecule has 3 nitrogen and oxygen atoms in total. The number of carbonyl (C=O) groups is 2. The van der Waals surface area contributed by atoms with Crippen LogP contribution in [0.3, 0.4) is 0 Å². The van der Waals surface area contributed by atoms with Gasteiger partial charge < -0.3 is 4.74 Å². The predicted molar refractivity (Wildman–Crippen MR) is 55.9 cm³/mol. The van der Waals surface area contributed by atoms with Crippen LogP contribution in [-0.2, 0) is 4.74 Å². The topological polar surface area (TPSA) is 43.4 Å². The maximum absolute atomic E-state index is 13.6. The lowest BCUT2D eigenvalue weighted by Crippen LogP contribution is -2.10. The number of halogens is 2. The quantitative estimate of drug-likeness (QED) is 0.482. The smallest absolute Gasteiger partial charge is 0.340 e. The highest BCUT2D eigenvalue weighted by atomic mass is 79.9. The molecule has 0 saturated heterocycles. The highest BCUT2D eigenvalue weighted by molar-refractivity contribution is 9.09. The molecule has 0 bridgehead atoms. The summed E-state index contributed by atoms with van der Waals surface area (Å²) < 4.78 is 18.0. The Morgan fingerprint density at radius 3 is 2.53 bits per heavy atom. The number of methoxy groups -OCH3 is 1. The van der Waals surface area contributed by atoms with E-state index in [-0.39, 0.29) is 16.5 Å². The number of Topliss-reactive ketones (excluding diaryl/α,β-unsaturated/α-hetero) is 1. The van der Waals surface area contributed by atoms with Crippen molar-refractivity contribution in [1.82, 2.24) is 0 Å². The molecule has 15 heavy (non-hydrogen) atoms. The van der Waals surface area contributed by atoms with E-state index in [0.29, 0.717) is 0 Å². The van der Waals surface area contributed by atoms with Crippen LogP contribution in [0, 0.1) is 5.82 Å². The zero-order valence-electron chi connectivity index (χ0n) is 7.92. The molecule has 0 aromatic heterocycles. The van der Waals surface area contributed by atoms with Crippen LogP contribution in [0.1, 0.15) is 20.7 Å². The first-order valence-corrected chi connectivity index (χ1v) is 5.20. The fraction of sp³-hybridized carbons (Fsp3) is 0.200. The number of benzene rings is 1. The minimum atomic E-state index is -0.839. The number of carbonyl (C=O) groups excluding carboxylic acids is 2. The summed E-state index contributed by atoms with van der Waals surface area (Å²) in [4.78, 5) is 22.4. The number of rotatable bonds is 3. The predicted octanol–water partition coefficient (Wildman–Crippen LogP) is 2.19. The molecule has 0 heterocycles. The number of hydrogen-bond acceptors (Lipinski definition) is 3. The molecule has 1 aromatic rings. The first kappa shape index (κ1) is 11.8. The fourth-order valence-electron chi connectivity index (χ4n) is 1.09. The van der Waals surface area contributed by atoms with Gasteiger partial charge in [0.2, 0.25) is 0 Å². The van der Waals surface area contributed by atoms with E-state index < -0.39 is 17.6 Å². The second-order valence-corrected chi connectivity index (χ2v) is 3.28. The van der Waals surface area contributed by atoms with Crippen molar-refractivity contribution in [3.05, 3.63) is 35.1 Å². The van der Waals surface area contributed by atoms with Gasteiger partial charge in [0.25, 0.3) is 0 Å². The van der Waals surface area contributed by atoms with Gasteiger partial charge in [0.05, 0.1) is 23.6 Å². The Labute approximate surface area is 94.4 Å². The Bertz CT molecular complexity index is 369. The van der Waals surface area contributed by atoms with Crippen LogP contribution in [0.2, 0.25) is 0 Å². The maximum atomic E-state index is 13.6. The van der Waals surface area contributed by atoms with Crippen LogP contribution in [0.4, 0.5) is 4.39 Å². The molecule has 80 valence electrons. The standard InChI is InChI=1S/C10H8BrFO3/c1-15-10(14)7-4-2-3-6(9(7)12)8(13)5-11/h2-4H,5H2,1H3. The molecule has 0 fully saturated rings. The van der Waals surface area contributed by atoms with Gasteiger partial charge in [-0.1, -0.05) is 22.0 Å². The van der Waals surface area contributed by atoms with Crippen LogP contribution in [0.25, 0.3) is 0 Å². The molecule has 0 spiro atoms. The van der Waals surface area contributed by atoms with Crippen LogP contribution in [0.5, 0.6) is 0 Å². The van der Waals surface area contributed by atoms with Gasteiger partial charge in [-0.15, -0.1) is 0 Å². The summed E-state index contributed by atoms with van der Waals surface area (Å²) in [6.45, 7) is 0. The van der Waals surface area contributed by atoms with Crippen LogP contribution >= 0.6 is 15.9 Å². The van der Waals surface area contributed by atoms with E-state index in [1.165, 1.54) is 18.2 Å². The van der Waals surface area contributed by atoms with Gasteiger partial charge in [-0.25, -0.2) is 9.18 Å². The third kappa shape index (κ3) is 2.41. The summed E-state index contributed by atoms with van der Waals surface area (Å²) in [6.07, 6.45) is 0. The van der Waals surface area contributed by atoms with E-state index in [1.807, 2.05) is 0 Å². The van der Waals surface area contributed by atoms with Crippen LogP contribution < -0.4 is 0 Å². The first-order chi connectivity index (χ1) is 7.11. The van der Waals surface area contributed by atoms with E-state index in [9.17, 15) is 14.0 Å². The van der Waals surface area contributed by atoms with Gasteiger partial charge in [-0.3, -0.25) is 4.79 Å². The van der Waals surface area contributed by atoms with Crippen molar-refractivity contribution in [3.8, 4) is 0 Å². The van der Waals surface area contributed by atoms with Gasteiger partial charge in [-0.2, -0.15) is 0 Å². The third-order valence-electron chi connectivity index (χ3n) is 1.83. The summed E-state index contributed by atoms with van der Waals surface area (Å²) in [5.41, 5.74) is -0.348. The van der Waals surface area contributed by atoms with E-state index in [1.54, 1.807) is 0 Å². The van der Waals surface area contributed by atoms with E-state index >= 15 is 0 Å². The average molecular weight is 275 g/mol. The summed E-state index contributed by atoms with van der Waals surface area (Å²) >= 11 is 2.93. The molecule has 0 unspecified atom stereocenters. The molecular weight excluding hydrogens is 267 g/mol. The van der Waals surface area contributed by atoms with Gasteiger partial charge in [0.1, 0.15) is 5.82 Å². The fourth-order valence-corrected chi connectivity index (χ4v) is 1.39. The Morgan fingerprint density at radius 1 is 1.40 bits per heavy atom. The van der Waals surface area contributed by atoms with Crippen molar-refractivity contribution in [3.63, 3.8) is 0 Å². The number of ether oxygens (including phenoxy) is 1. The summed E-state index contributed by atoms with van der Waals surface area (Å²) in [6, 6.07) is 4.03. The highest BCUT2D eigenvalue weighted by Gasteiger charge is 2.18. The molecule has 0 aliphatic rings. The molecule has 0 amide bonds. The van der Waals surface area contributed by atoms with E-state index in [0.717, 1.165) is 7.11 Å². The van der Waals surface area contributed by atoms with Crippen LogP contribution in [0.15, 0.2) is 18.2 Å². The summed E-state index contributed by atoms with van der Waals surface area (Å²) in [5, 5.41) is 0.00848. The van der Waals surface area contributed by atoms with Crippen molar-refractivity contribution in [2.24, 2.45) is 0 Å². The summed E-state index contributed by atoms with van der Waals surface area (Å²) in [5.74, 6) is -2.05. The maximum Gasteiger partial charge on any atom is 0.340 e. The van der Waals surface area contributed by atoms with Crippen molar-refractivity contribution >= 4 is 27.7 Å². The second kappa shape index (κ2) is 5.02. The molecule has 0 atom stereocenters. The molecule has 0 N–H and O–H groups in total. The van der Waals surface area contributed by atoms with Gasteiger partial charge in [0.15, 0.2) is 5.78 Å². The van der Waals surface area contributed by atoms with Crippen LogP contribution in [-0.4, -0.2) is 24.2 Å². The highest BCUT2D eigenvalue weighted by Crippen LogP contribution is 2.15. The van der Waals surface area contributed by atoms with Crippen molar-refractivity contribution in [2.75, 3.05) is 12.4 Å². The van der Waals surface area contributed by atoms with Gasteiger partial charge in [-0.05, 0) is 12.1 Å². The number of hydrogen-bond donors (Lipinski definition) is 0. The monoisotopic (exact) mass is 274 g/mol. The zero-order valence-corrected chi connectivity index (χ0v) is 9.51. The van der Waals surface area contributed by atoms with Crippen molar-refractivity contribution in [2.45, 2.75) is 0 Å². The lowest BCUT2D eigenvalue weighted by Gasteiger charge is -2.04. The molecular formula is C10H8BrFO3. The number of esters is 1. The Morgan fingerprint density at radius 2 is 2.00 bits per heavy atom. The molecule has 0 saturated carbocycles. The Hall–Kier alpha value is -1.23. The average Bonchev–Trinajstić information content (AvgIpc) is 2.27. The van der Waals surface area contributed by atoms with E-state index in [2.05, 4.69) is 20.7 Å². The zero-order chi connectivity index (χ0) is 11.4.